The van der Waals surface area contributed by atoms with Crippen LogP contribution in [-0.2, 0) is 0 Å². The van der Waals surface area contributed by atoms with Gasteiger partial charge in [-0.1, -0.05) is 13.8 Å². The molecule has 0 atom stereocenters. The Morgan fingerprint density at radius 3 is 2.60 bits per heavy atom. The highest BCUT2D eigenvalue weighted by molar-refractivity contribution is 5.72. The Morgan fingerprint density at radius 2 is 1.93 bits per heavy atom. The van der Waals surface area contributed by atoms with Crippen LogP contribution < -0.4 is 11.2 Å². The lowest BCUT2D eigenvalue weighted by atomic mass is 10.1. The number of pyridine rings is 1. The van der Waals surface area contributed by atoms with Crippen LogP contribution in [0.3, 0.4) is 0 Å². The third kappa shape index (κ3) is 1.68. The summed E-state index contributed by atoms with van der Waals surface area (Å²) in [4.78, 5) is 31.3. The first-order valence-corrected chi connectivity index (χ1v) is 4.71. The molecule has 0 saturated heterocycles. The van der Waals surface area contributed by atoms with Gasteiger partial charge in [-0.05, 0) is 18.1 Å². The molecular formula is C10H11N3O2. The van der Waals surface area contributed by atoms with Crippen LogP contribution in [0.25, 0.3) is 11.0 Å². The van der Waals surface area contributed by atoms with Crippen molar-refractivity contribution < 1.29 is 0 Å². The molecule has 0 unspecified atom stereocenters. The van der Waals surface area contributed by atoms with E-state index >= 15 is 0 Å². The van der Waals surface area contributed by atoms with Gasteiger partial charge in [0.15, 0.2) is 0 Å². The van der Waals surface area contributed by atoms with Crippen LogP contribution >= 0.6 is 0 Å². The summed E-state index contributed by atoms with van der Waals surface area (Å²) in [7, 11) is 0. The van der Waals surface area contributed by atoms with Gasteiger partial charge < -0.3 is 0 Å². The van der Waals surface area contributed by atoms with Crippen LogP contribution in [0.15, 0.2) is 21.7 Å². The molecule has 0 radical (unpaired) electrons. The monoisotopic (exact) mass is 205 g/mol. The predicted octanol–water partition coefficient (Wildman–Crippen LogP) is 0.735. The Labute approximate surface area is 85.2 Å². The minimum Gasteiger partial charge on any atom is -0.291 e. The fraction of sp³-hybridized carbons (Fsp3) is 0.300. The van der Waals surface area contributed by atoms with Gasteiger partial charge in [-0.2, -0.15) is 0 Å². The molecule has 0 aliphatic rings. The van der Waals surface area contributed by atoms with E-state index in [1.807, 2.05) is 13.8 Å². The second-order valence-electron chi connectivity index (χ2n) is 3.70. The molecule has 2 aromatic heterocycles. The maximum absolute atomic E-state index is 11.4. The number of rotatable bonds is 1. The van der Waals surface area contributed by atoms with Crippen molar-refractivity contribution in [3.63, 3.8) is 0 Å². The van der Waals surface area contributed by atoms with Crippen LogP contribution in [0.4, 0.5) is 0 Å². The van der Waals surface area contributed by atoms with Crippen molar-refractivity contribution in [3.05, 3.63) is 38.7 Å². The molecular weight excluding hydrogens is 194 g/mol. The van der Waals surface area contributed by atoms with Gasteiger partial charge in [0.1, 0.15) is 5.65 Å². The molecule has 2 aromatic rings. The lowest BCUT2D eigenvalue weighted by molar-refractivity contribution is 0.826. The van der Waals surface area contributed by atoms with Gasteiger partial charge in [0.25, 0.3) is 5.56 Å². The summed E-state index contributed by atoms with van der Waals surface area (Å²) in [6.07, 6.45) is 0. The average molecular weight is 205 g/mol. The fourth-order valence-electron chi connectivity index (χ4n) is 1.38. The van der Waals surface area contributed by atoms with E-state index in [2.05, 4.69) is 15.0 Å². The molecule has 5 nitrogen and oxygen atoms in total. The Kier molecular flexibility index (Phi) is 2.15. The highest BCUT2D eigenvalue weighted by atomic mass is 16.2. The number of aromatic amines is 2. The third-order valence-electron chi connectivity index (χ3n) is 2.21. The van der Waals surface area contributed by atoms with Gasteiger partial charge >= 0.3 is 5.69 Å². The first-order valence-electron chi connectivity index (χ1n) is 4.71. The summed E-state index contributed by atoms with van der Waals surface area (Å²) >= 11 is 0. The minimum atomic E-state index is -0.527. The molecule has 15 heavy (non-hydrogen) atoms. The molecule has 0 amide bonds. The van der Waals surface area contributed by atoms with E-state index in [0.29, 0.717) is 11.0 Å². The first-order chi connectivity index (χ1) is 7.08. The van der Waals surface area contributed by atoms with Gasteiger partial charge in [0.2, 0.25) is 0 Å². The maximum atomic E-state index is 11.4. The zero-order valence-corrected chi connectivity index (χ0v) is 8.50. The van der Waals surface area contributed by atoms with Crippen LogP contribution in [0.2, 0.25) is 0 Å². The zero-order valence-electron chi connectivity index (χ0n) is 8.50. The molecule has 0 saturated carbocycles. The van der Waals surface area contributed by atoms with E-state index in [1.54, 1.807) is 12.1 Å². The molecule has 78 valence electrons. The van der Waals surface area contributed by atoms with Crippen molar-refractivity contribution in [2.45, 2.75) is 19.8 Å². The molecule has 0 bridgehead atoms. The SMILES string of the molecule is CC(C)c1ccc2c(=O)[nH]c(=O)[nH]c2n1. The van der Waals surface area contributed by atoms with Gasteiger partial charge in [-0.3, -0.25) is 14.8 Å². The topological polar surface area (TPSA) is 78.6 Å². The van der Waals surface area contributed by atoms with Crippen LogP contribution in [0.5, 0.6) is 0 Å². The fourth-order valence-corrected chi connectivity index (χ4v) is 1.38. The summed E-state index contributed by atoms with van der Waals surface area (Å²) < 4.78 is 0. The number of fused-ring (bicyclic) bond motifs is 1. The van der Waals surface area contributed by atoms with Crippen LogP contribution in [-0.4, -0.2) is 15.0 Å². The van der Waals surface area contributed by atoms with Gasteiger partial charge in [-0.15, -0.1) is 0 Å². The van der Waals surface area contributed by atoms with Crippen molar-refractivity contribution in [2.24, 2.45) is 0 Å². The Balaban J connectivity index is 2.82. The number of aromatic nitrogens is 3. The maximum Gasteiger partial charge on any atom is 0.327 e. The van der Waals surface area contributed by atoms with E-state index in [-0.39, 0.29) is 5.92 Å². The van der Waals surface area contributed by atoms with E-state index in [1.165, 1.54) is 0 Å². The Bertz CT molecular complexity index is 610. The van der Waals surface area contributed by atoms with Gasteiger partial charge in [0, 0.05) is 5.69 Å². The highest BCUT2D eigenvalue weighted by Gasteiger charge is 2.05. The lowest BCUT2D eigenvalue weighted by Crippen LogP contribution is -2.22. The standard InChI is InChI=1S/C10H11N3O2/c1-5(2)7-4-3-6-8(11-7)12-10(15)13-9(6)14/h3-5H,1-2H3,(H2,11,12,13,14,15). The van der Waals surface area contributed by atoms with Gasteiger partial charge in [0.05, 0.1) is 5.39 Å². The van der Waals surface area contributed by atoms with Crippen LogP contribution in [0, 0.1) is 0 Å². The number of hydrogen-bond donors (Lipinski definition) is 2. The number of nitrogens with zero attached hydrogens (tertiary/aromatic N) is 1. The summed E-state index contributed by atoms with van der Waals surface area (Å²) in [6.45, 7) is 4.00. The molecule has 0 aliphatic carbocycles. The summed E-state index contributed by atoms with van der Waals surface area (Å²) in [5.41, 5.74) is 0.260. The minimum absolute atomic E-state index is 0.261. The normalized spacial score (nSPS) is 11.1. The zero-order chi connectivity index (χ0) is 11.0. The molecule has 2 rings (SSSR count). The molecule has 5 heteroatoms. The van der Waals surface area contributed by atoms with E-state index in [9.17, 15) is 9.59 Å². The van der Waals surface area contributed by atoms with Crippen molar-refractivity contribution in [2.75, 3.05) is 0 Å². The van der Waals surface area contributed by atoms with E-state index in [0.717, 1.165) is 5.69 Å². The smallest absolute Gasteiger partial charge is 0.291 e. The second kappa shape index (κ2) is 3.34. The first kappa shape index (κ1) is 9.64. The van der Waals surface area contributed by atoms with Crippen molar-refractivity contribution in [1.82, 2.24) is 15.0 Å². The van der Waals surface area contributed by atoms with Crippen molar-refractivity contribution >= 4 is 11.0 Å². The number of hydrogen-bond acceptors (Lipinski definition) is 3. The second-order valence-corrected chi connectivity index (χ2v) is 3.70. The molecule has 0 aromatic carbocycles. The molecule has 2 heterocycles. The molecule has 2 N–H and O–H groups in total. The quantitative estimate of drug-likeness (QED) is 0.720. The summed E-state index contributed by atoms with van der Waals surface area (Å²) in [5.74, 6) is 0.261. The predicted molar refractivity (Wildman–Crippen MR) is 57.1 cm³/mol. The largest absolute Gasteiger partial charge is 0.327 e. The van der Waals surface area contributed by atoms with E-state index < -0.39 is 11.2 Å². The summed E-state index contributed by atoms with van der Waals surface area (Å²) in [6, 6.07) is 3.47. The van der Waals surface area contributed by atoms with Crippen molar-refractivity contribution in [1.29, 1.82) is 0 Å². The van der Waals surface area contributed by atoms with E-state index in [4.69, 9.17) is 0 Å². The lowest BCUT2D eigenvalue weighted by Gasteiger charge is -2.04. The third-order valence-corrected chi connectivity index (χ3v) is 2.21. The van der Waals surface area contributed by atoms with Crippen LogP contribution in [0.1, 0.15) is 25.5 Å². The average Bonchev–Trinajstić information content (AvgIpc) is 2.16. The van der Waals surface area contributed by atoms with Crippen molar-refractivity contribution in [3.8, 4) is 0 Å². The summed E-state index contributed by atoms with van der Waals surface area (Å²) in [5, 5.41) is 0.402. The molecule has 0 aliphatic heterocycles. The Morgan fingerprint density at radius 1 is 1.20 bits per heavy atom. The molecule has 0 fully saturated rings. The van der Waals surface area contributed by atoms with Gasteiger partial charge in [-0.25, -0.2) is 9.78 Å². The number of nitrogens with one attached hydrogen (secondary N) is 2. The molecule has 0 spiro atoms. The number of H-pyrrole nitrogens is 2. The highest BCUT2D eigenvalue weighted by Crippen LogP contribution is 2.12. The Hall–Kier alpha value is -1.91.